The van der Waals surface area contributed by atoms with Crippen molar-refractivity contribution in [2.75, 3.05) is 5.32 Å². The number of nitro groups is 1. The summed E-state index contributed by atoms with van der Waals surface area (Å²) in [6.45, 7) is 0. The number of amides is 1. The van der Waals surface area contributed by atoms with E-state index in [1.807, 2.05) is 12.1 Å². The monoisotopic (exact) mass is 390 g/mol. The fourth-order valence-electron chi connectivity index (χ4n) is 2.74. The number of hydrogen-bond donors (Lipinski definition) is 1. The molecule has 0 aliphatic rings. The van der Waals surface area contributed by atoms with Crippen LogP contribution >= 0.6 is 0 Å². The molecule has 146 valence electrons. The molecule has 0 heterocycles. The van der Waals surface area contributed by atoms with E-state index >= 15 is 0 Å². The topological polar surface area (TPSA) is 137 Å². The van der Waals surface area contributed by atoms with E-state index in [0.717, 1.165) is 5.56 Å². The number of ketones is 1. The van der Waals surface area contributed by atoms with E-state index in [-0.39, 0.29) is 43.1 Å². The highest BCUT2D eigenvalue weighted by Gasteiger charge is 2.20. The second-order valence-electron chi connectivity index (χ2n) is 6.31. The van der Waals surface area contributed by atoms with Crippen molar-refractivity contribution in [3.8, 4) is 12.1 Å². The first-order valence-corrected chi connectivity index (χ1v) is 8.87. The Morgan fingerprint density at radius 3 is 2.45 bits per heavy atom. The predicted molar refractivity (Wildman–Crippen MR) is 105 cm³/mol. The molecule has 29 heavy (non-hydrogen) atoms. The highest BCUT2D eigenvalue weighted by molar-refractivity contribution is 5.92. The number of carbonyl (C=O) groups is 2. The quantitative estimate of drug-likeness (QED) is 0.512. The fraction of sp³-hybridized carbons (Fsp3) is 0.238. The Morgan fingerprint density at radius 2 is 1.83 bits per heavy atom. The number of nitriles is 2. The number of carbonyl (C=O) groups excluding carboxylic acids is 2. The van der Waals surface area contributed by atoms with Crippen molar-refractivity contribution >= 4 is 23.1 Å². The Labute approximate surface area is 167 Å². The van der Waals surface area contributed by atoms with Gasteiger partial charge in [-0.2, -0.15) is 10.5 Å². The largest absolute Gasteiger partial charge is 0.326 e. The van der Waals surface area contributed by atoms with Crippen LogP contribution in [0.5, 0.6) is 0 Å². The molecule has 2 aromatic carbocycles. The Kier molecular flexibility index (Phi) is 7.58. The van der Waals surface area contributed by atoms with E-state index in [1.54, 1.807) is 24.3 Å². The number of benzene rings is 2. The summed E-state index contributed by atoms with van der Waals surface area (Å²) in [5, 5.41) is 31.3. The smallest absolute Gasteiger partial charge is 0.271 e. The maximum Gasteiger partial charge on any atom is 0.271 e. The first-order chi connectivity index (χ1) is 13.9. The molecule has 0 aliphatic carbocycles. The van der Waals surface area contributed by atoms with Gasteiger partial charge in [-0.1, -0.05) is 30.3 Å². The Morgan fingerprint density at radius 1 is 1.10 bits per heavy atom. The van der Waals surface area contributed by atoms with Crippen LogP contribution in [0.25, 0.3) is 0 Å². The highest BCUT2D eigenvalue weighted by Crippen LogP contribution is 2.21. The molecule has 0 fully saturated rings. The third-order valence-electron chi connectivity index (χ3n) is 4.22. The van der Waals surface area contributed by atoms with Gasteiger partial charge in [-0.25, -0.2) is 0 Å². The van der Waals surface area contributed by atoms with Crippen LogP contribution in [-0.2, 0) is 16.0 Å². The molecule has 2 aromatic rings. The predicted octanol–water partition coefficient (Wildman–Crippen LogP) is 3.65. The van der Waals surface area contributed by atoms with Crippen LogP contribution in [0.4, 0.5) is 11.4 Å². The van der Waals surface area contributed by atoms with Gasteiger partial charge in [0, 0.05) is 30.7 Å². The molecule has 0 aromatic heterocycles. The summed E-state index contributed by atoms with van der Waals surface area (Å²) in [7, 11) is 0. The van der Waals surface area contributed by atoms with E-state index in [9.17, 15) is 25.0 Å². The van der Waals surface area contributed by atoms with Gasteiger partial charge in [-0.15, -0.1) is 0 Å². The Balaban J connectivity index is 1.87. The standard InChI is InChI=1S/C21H18N4O4/c22-12-11-15-7-9-16(10-8-15)19(14-23)20(26)5-2-6-21(27)24-17-3-1-4-18(13-17)25(28)29/h1,3-4,7-10,13,19H,2,5-6,11H2,(H,24,27)/t19-/m0/s1. The van der Waals surface area contributed by atoms with Crippen molar-refractivity contribution in [3.05, 3.63) is 69.8 Å². The minimum atomic E-state index is -0.925. The molecule has 0 radical (unpaired) electrons. The molecule has 0 saturated heterocycles. The molecule has 0 unspecified atom stereocenters. The Hall–Kier alpha value is -4.04. The van der Waals surface area contributed by atoms with Gasteiger partial charge in [0.2, 0.25) is 5.91 Å². The summed E-state index contributed by atoms with van der Waals surface area (Å²) < 4.78 is 0. The van der Waals surface area contributed by atoms with Crippen LogP contribution in [-0.4, -0.2) is 16.6 Å². The zero-order valence-electron chi connectivity index (χ0n) is 15.5. The second-order valence-corrected chi connectivity index (χ2v) is 6.31. The number of anilines is 1. The third kappa shape index (κ3) is 6.26. The highest BCUT2D eigenvalue weighted by atomic mass is 16.6. The maximum atomic E-state index is 12.4. The van der Waals surface area contributed by atoms with Crippen molar-refractivity contribution in [1.29, 1.82) is 10.5 Å². The molecule has 0 spiro atoms. The third-order valence-corrected chi connectivity index (χ3v) is 4.22. The maximum absolute atomic E-state index is 12.4. The first-order valence-electron chi connectivity index (χ1n) is 8.87. The van der Waals surface area contributed by atoms with Crippen molar-refractivity contribution in [3.63, 3.8) is 0 Å². The average molecular weight is 390 g/mol. The summed E-state index contributed by atoms with van der Waals surface area (Å²) in [4.78, 5) is 34.6. The number of nitrogens with zero attached hydrogens (tertiary/aromatic N) is 3. The minimum absolute atomic E-state index is 0.0493. The molecule has 0 bridgehead atoms. The molecule has 8 nitrogen and oxygen atoms in total. The van der Waals surface area contributed by atoms with Crippen LogP contribution in [0.2, 0.25) is 0 Å². The van der Waals surface area contributed by atoms with E-state index in [4.69, 9.17) is 5.26 Å². The van der Waals surface area contributed by atoms with Gasteiger partial charge in [-0.3, -0.25) is 19.7 Å². The normalized spacial score (nSPS) is 11.0. The average Bonchev–Trinajstić information content (AvgIpc) is 2.70. The summed E-state index contributed by atoms with van der Waals surface area (Å²) in [6.07, 6.45) is 0.615. The van der Waals surface area contributed by atoms with Crippen LogP contribution in [0.1, 0.15) is 36.3 Å². The molecule has 1 atom stereocenters. The molecule has 2 rings (SSSR count). The molecule has 0 saturated carbocycles. The molecule has 1 amide bonds. The van der Waals surface area contributed by atoms with Crippen molar-refractivity contribution in [1.82, 2.24) is 0 Å². The van der Waals surface area contributed by atoms with Gasteiger partial charge in [0.15, 0.2) is 5.78 Å². The summed E-state index contributed by atoms with van der Waals surface area (Å²) in [6, 6.07) is 16.3. The van der Waals surface area contributed by atoms with E-state index < -0.39 is 10.8 Å². The van der Waals surface area contributed by atoms with Gasteiger partial charge in [0.05, 0.1) is 23.5 Å². The minimum Gasteiger partial charge on any atom is -0.326 e. The molecule has 0 aliphatic heterocycles. The number of Topliss-reactive ketones (excluding diaryl/α,β-unsaturated/α-hetero) is 1. The molecular formula is C21H18N4O4. The number of rotatable bonds is 9. The van der Waals surface area contributed by atoms with Crippen molar-refractivity contribution in [2.45, 2.75) is 31.6 Å². The number of non-ortho nitro benzene ring substituents is 1. The van der Waals surface area contributed by atoms with Gasteiger partial charge in [-0.05, 0) is 23.6 Å². The van der Waals surface area contributed by atoms with Crippen LogP contribution < -0.4 is 5.32 Å². The van der Waals surface area contributed by atoms with Gasteiger partial charge in [0.25, 0.3) is 5.69 Å². The Bertz CT molecular complexity index is 987. The SMILES string of the molecule is N#CCc1ccc([C@H](C#N)C(=O)CCCC(=O)Nc2cccc([N+](=O)[O-])c2)cc1. The summed E-state index contributed by atoms with van der Waals surface area (Å²) >= 11 is 0. The number of hydrogen-bond acceptors (Lipinski definition) is 6. The van der Waals surface area contributed by atoms with Crippen LogP contribution in [0, 0.1) is 32.8 Å². The van der Waals surface area contributed by atoms with E-state index in [2.05, 4.69) is 5.32 Å². The van der Waals surface area contributed by atoms with E-state index in [1.165, 1.54) is 24.3 Å². The first kappa shape index (κ1) is 21.3. The number of nitro benzene ring substituents is 1. The summed E-state index contributed by atoms with van der Waals surface area (Å²) in [5.41, 5.74) is 1.54. The fourth-order valence-corrected chi connectivity index (χ4v) is 2.74. The molecule has 1 N–H and O–H groups in total. The summed E-state index contributed by atoms with van der Waals surface area (Å²) in [5.74, 6) is -1.58. The van der Waals surface area contributed by atoms with Gasteiger partial charge in [0.1, 0.15) is 5.92 Å². The van der Waals surface area contributed by atoms with Crippen LogP contribution in [0.15, 0.2) is 48.5 Å². The lowest BCUT2D eigenvalue weighted by Crippen LogP contribution is -2.14. The van der Waals surface area contributed by atoms with E-state index in [0.29, 0.717) is 11.3 Å². The zero-order valence-corrected chi connectivity index (χ0v) is 15.5. The molecule has 8 heteroatoms. The van der Waals surface area contributed by atoms with Gasteiger partial charge < -0.3 is 5.32 Å². The lowest BCUT2D eigenvalue weighted by atomic mass is 9.92. The molecular weight excluding hydrogens is 372 g/mol. The van der Waals surface area contributed by atoms with Crippen molar-refractivity contribution < 1.29 is 14.5 Å². The number of nitrogens with one attached hydrogen (secondary N) is 1. The van der Waals surface area contributed by atoms with Crippen LogP contribution in [0.3, 0.4) is 0 Å². The lowest BCUT2D eigenvalue weighted by Gasteiger charge is -2.09. The van der Waals surface area contributed by atoms with Crippen molar-refractivity contribution in [2.24, 2.45) is 0 Å². The zero-order chi connectivity index (χ0) is 21.2. The lowest BCUT2D eigenvalue weighted by molar-refractivity contribution is -0.384. The van der Waals surface area contributed by atoms with Gasteiger partial charge >= 0.3 is 0 Å². The second kappa shape index (κ2) is 10.3.